The molecule has 5 heteroatoms. The first kappa shape index (κ1) is 14.7. The second-order valence-electron chi connectivity index (χ2n) is 5.23. The third-order valence-corrected chi connectivity index (χ3v) is 4.02. The van der Waals surface area contributed by atoms with Gasteiger partial charge in [-0.2, -0.15) is 0 Å². The highest BCUT2D eigenvalue weighted by atomic mass is 35.5. The summed E-state index contributed by atoms with van der Waals surface area (Å²) in [5.74, 6) is -0.370. The molecule has 1 aliphatic rings. The predicted molar refractivity (Wildman–Crippen MR) is 72.6 cm³/mol. The average Bonchev–Trinajstić information content (AvgIpc) is 2.58. The summed E-state index contributed by atoms with van der Waals surface area (Å²) in [6, 6.07) is 5.00. The number of aliphatic hydroxyl groups is 2. The molecular weight excluding hydrogens is 269 g/mol. The third-order valence-electron chi connectivity index (χ3n) is 3.73. The Bertz CT molecular complexity index is 443. The van der Waals surface area contributed by atoms with Gasteiger partial charge < -0.3 is 10.2 Å². The topological polar surface area (TPSA) is 43.7 Å². The van der Waals surface area contributed by atoms with Gasteiger partial charge in [-0.25, -0.2) is 4.39 Å². The molecule has 19 heavy (non-hydrogen) atoms. The van der Waals surface area contributed by atoms with Crippen LogP contribution >= 0.6 is 11.6 Å². The Kier molecular flexibility index (Phi) is 4.79. The number of aliphatic hydroxyl groups excluding tert-OH is 1. The van der Waals surface area contributed by atoms with Gasteiger partial charge in [0, 0.05) is 18.7 Å². The molecule has 0 amide bonds. The molecule has 0 aromatic heterocycles. The molecule has 1 saturated heterocycles. The van der Waals surface area contributed by atoms with Crippen molar-refractivity contribution in [3.05, 3.63) is 34.6 Å². The largest absolute Gasteiger partial charge is 0.393 e. The van der Waals surface area contributed by atoms with E-state index in [1.54, 1.807) is 12.1 Å². The number of hydrogen-bond acceptors (Lipinski definition) is 3. The van der Waals surface area contributed by atoms with E-state index in [4.69, 9.17) is 11.6 Å². The monoisotopic (exact) mass is 287 g/mol. The van der Waals surface area contributed by atoms with Crippen molar-refractivity contribution in [3.8, 4) is 0 Å². The van der Waals surface area contributed by atoms with Crippen LogP contribution in [-0.2, 0) is 6.54 Å². The summed E-state index contributed by atoms with van der Waals surface area (Å²) in [5.41, 5.74) is -0.413. The summed E-state index contributed by atoms with van der Waals surface area (Å²) < 4.78 is 13.8. The second-order valence-corrected chi connectivity index (χ2v) is 5.63. The van der Waals surface area contributed by atoms with Gasteiger partial charge in [0.25, 0.3) is 0 Å². The maximum absolute atomic E-state index is 13.8. The number of halogens is 2. The fourth-order valence-electron chi connectivity index (χ4n) is 2.46. The van der Waals surface area contributed by atoms with Gasteiger partial charge in [0.05, 0.1) is 17.2 Å². The number of nitrogens with zero attached hydrogens (tertiary/aromatic N) is 1. The highest BCUT2D eigenvalue weighted by Gasteiger charge is 2.29. The summed E-state index contributed by atoms with van der Waals surface area (Å²) in [5, 5.41) is 19.4. The summed E-state index contributed by atoms with van der Waals surface area (Å²) in [6.45, 7) is 1.69. The molecule has 0 bridgehead atoms. The average molecular weight is 288 g/mol. The molecule has 1 atom stereocenters. The Morgan fingerprint density at radius 3 is 2.84 bits per heavy atom. The van der Waals surface area contributed by atoms with Crippen molar-refractivity contribution in [1.29, 1.82) is 0 Å². The van der Waals surface area contributed by atoms with E-state index in [1.807, 2.05) is 0 Å². The molecule has 1 heterocycles. The lowest BCUT2D eigenvalue weighted by Crippen LogP contribution is -2.34. The van der Waals surface area contributed by atoms with E-state index in [1.165, 1.54) is 6.07 Å². The maximum atomic E-state index is 13.8. The number of benzene rings is 1. The normalized spacial score (nSPS) is 25.3. The molecule has 2 rings (SSSR count). The molecule has 2 N–H and O–H groups in total. The van der Waals surface area contributed by atoms with Crippen molar-refractivity contribution in [2.45, 2.75) is 31.4 Å². The Morgan fingerprint density at radius 2 is 2.11 bits per heavy atom. The Labute approximate surface area is 117 Å². The molecule has 1 aromatic carbocycles. The van der Waals surface area contributed by atoms with Crippen LogP contribution in [0.2, 0.25) is 5.02 Å². The summed E-state index contributed by atoms with van der Waals surface area (Å²) in [7, 11) is 0. The van der Waals surface area contributed by atoms with Crippen molar-refractivity contribution in [2.75, 3.05) is 19.7 Å². The lowest BCUT2D eigenvalue weighted by Gasteiger charge is -2.24. The molecule has 0 saturated carbocycles. The van der Waals surface area contributed by atoms with Crippen LogP contribution in [0.25, 0.3) is 0 Å². The standard InChI is InChI=1S/C14H19ClFNO2/c15-12-4-1-3-11(13(12)16)9-17-7-2-5-14(19,10-18)6-8-17/h1,3-4,18-19H,2,5-10H2. The maximum Gasteiger partial charge on any atom is 0.146 e. The minimum Gasteiger partial charge on any atom is -0.393 e. The molecule has 1 unspecified atom stereocenters. The minimum absolute atomic E-state index is 0.138. The van der Waals surface area contributed by atoms with E-state index >= 15 is 0 Å². The lowest BCUT2D eigenvalue weighted by atomic mass is 9.96. The zero-order valence-corrected chi connectivity index (χ0v) is 11.5. The molecule has 1 aromatic rings. The highest BCUT2D eigenvalue weighted by Crippen LogP contribution is 2.24. The van der Waals surface area contributed by atoms with Crippen LogP contribution in [-0.4, -0.2) is 40.4 Å². The van der Waals surface area contributed by atoms with Crippen LogP contribution in [0.15, 0.2) is 18.2 Å². The first-order chi connectivity index (χ1) is 9.04. The summed E-state index contributed by atoms with van der Waals surface area (Å²) in [4.78, 5) is 2.09. The van der Waals surface area contributed by atoms with E-state index in [0.29, 0.717) is 31.5 Å². The Balaban J connectivity index is 2.02. The second kappa shape index (κ2) is 6.18. The van der Waals surface area contributed by atoms with Crippen LogP contribution in [0.5, 0.6) is 0 Å². The summed E-state index contributed by atoms with van der Waals surface area (Å²) >= 11 is 5.76. The van der Waals surface area contributed by atoms with E-state index in [9.17, 15) is 14.6 Å². The lowest BCUT2D eigenvalue weighted by molar-refractivity contribution is -0.0255. The van der Waals surface area contributed by atoms with Crippen LogP contribution in [0.3, 0.4) is 0 Å². The summed E-state index contributed by atoms with van der Waals surface area (Å²) in [6.07, 6.45) is 1.88. The van der Waals surface area contributed by atoms with Gasteiger partial charge in [-0.1, -0.05) is 23.7 Å². The van der Waals surface area contributed by atoms with Crippen molar-refractivity contribution in [3.63, 3.8) is 0 Å². The van der Waals surface area contributed by atoms with E-state index in [-0.39, 0.29) is 17.4 Å². The van der Waals surface area contributed by atoms with Gasteiger partial charge in [-0.05, 0) is 31.9 Å². The van der Waals surface area contributed by atoms with Crippen molar-refractivity contribution in [2.24, 2.45) is 0 Å². The molecule has 1 aliphatic heterocycles. The number of hydrogen-bond donors (Lipinski definition) is 2. The zero-order chi connectivity index (χ0) is 13.9. The Hall–Kier alpha value is -0.680. The van der Waals surface area contributed by atoms with Crippen LogP contribution < -0.4 is 0 Å². The molecule has 3 nitrogen and oxygen atoms in total. The van der Waals surface area contributed by atoms with Crippen LogP contribution in [0, 0.1) is 5.82 Å². The van der Waals surface area contributed by atoms with Gasteiger partial charge in [0.2, 0.25) is 0 Å². The molecule has 106 valence electrons. The molecule has 1 fully saturated rings. The van der Waals surface area contributed by atoms with Gasteiger partial charge in [0.15, 0.2) is 0 Å². The fourth-order valence-corrected chi connectivity index (χ4v) is 2.66. The highest BCUT2D eigenvalue weighted by molar-refractivity contribution is 6.30. The quantitative estimate of drug-likeness (QED) is 0.896. The third kappa shape index (κ3) is 3.66. The molecular formula is C14H19ClFNO2. The number of rotatable bonds is 3. The fraction of sp³-hybridized carbons (Fsp3) is 0.571. The van der Waals surface area contributed by atoms with Gasteiger partial charge in [0.1, 0.15) is 5.82 Å². The van der Waals surface area contributed by atoms with Crippen molar-refractivity contribution >= 4 is 11.6 Å². The van der Waals surface area contributed by atoms with Crippen molar-refractivity contribution in [1.82, 2.24) is 4.90 Å². The molecule has 0 radical (unpaired) electrons. The SMILES string of the molecule is OCC1(O)CCCN(Cc2cccc(Cl)c2F)CC1. The predicted octanol–water partition coefficient (Wildman–Crippen LogP) is 2.19. The smallest absolute Gasteiger partial charge is 0.146 e. The van der Waals surface area contributed by atoms with E-state index < -0.39 is 5.60 Å². The minimum atomic E-state index is -0.984. The van der Waals surface area contributed by atoms with Gasteiger partial charge in [-0.3, -0.25) is 4.90 Å². The van der Waals surface area contributed by atoms with Crippen LogP contribution in [0.1, 0.15) is 24.8 Å². The zero-order valence-electron chi connectivity index (χ0n) is 10.8. The van der Waals surface area contributed by atoms with Crippen molar-refractivity contribution < 1.29 is 14.6 Å². The first-order valence-electron chi connectivity index (χ1n) is 6.52. The van der Waals surface area contributed by atoms with E-state index in [0.717, 1.165) is 13.0 Å². The molecule has 0 spiro atoms. The van der Waals surface area contributed by atoms with E-state index in [2.05, 4.69) is 4.90 Å². The first-order valence-corrected chi connectivity index (χ1v) is 6.90. The van der Waals surface area contributed by atoms with Gasteiger partial charge in [-0.15, -0.1) is 0 Å². The van der Waals surface area contributed by atoms with Gasteiger partial charge >= 0.3 is 0 Å². The van der Waals surface area contributed by atoms with Crippen LogP contribution in [0.4, 0.5) is 4.39 Å². The number of likely N-dealkylation sites (tertiary alicyclic amines) is 1. The molecule has 0 aliphatic carbocycles. The Morgan fingerprint density at radius 1 is 1.32 bits per heavy atom.